The van der Waals surface area contributed by atoms with Crippen molar-refractivity contribution in [3.63, 3.8) is 0 Å². The van der Waals surface area contributed by atoms with Crippen molar-refractivity contribution in [3.8, 4) is 5.75 Å². The molecule has 0 bridgehead atoms. The Kier molecular flexibility index (Phi) is 5.91. The van der Waals surface area contributed by atoms with Crippen LogP contribution in [0.2, 0.25) is 0 Å². The minimum Gasteiger partial charge on any atom is -0.497 e. The van der Waals surface area contributed by atoms with E-state index in [1.165, 1.54) is 19.2 Å². The van der Waals surface area contributed by atoms with Gasteiger partial charge in [-0.1, -0.05) is 30.3 Å². The first kappa shape index (κ1) is 23.1. The molecule has 0 radical (unpaired) electrons. The fraction of sp³-hybridized carbons (Fsp3) is 0.154. The van der Waals surface area contributed by atoms with Gasteiger partial charge in [0.05, 0.1) is 23.9 Å². The number of imide groups is 1. The van der Waals surface area contributed by atoms with Gasteiger partial charge in [0.1, 0.15) is 11.4 Å². The van der Waals surface area contributed by atoms with Crippen LogP contribution in [0.5, 0.6) is 5.75 Å². The summed E-state index contributed by atoms with van der Waals surface area (Å²) in [7, 11) is 1.50. The van der Waals surface area contributed by atoms with Gasteiger partial charge in [-0.25, -0.2) is 4.90 Å². The molecule has 0 atom stereocenters. The van der Waals surface area contributed by atoms with Crippen LogP contribution in [0.3, 0.4) is 0 Å². The largest absolute Gasteiger partial charge is 0.497 e. The number of hydrogen-bond acceptors (Lipinski definition) is 4. The lowest BCUT2D eigenvalue weighted by Crippen LogP contribution is -2.33. The number of anilines is 2. The third kappa shape index (κ3) is 4.14. The van der Waals surface area contributed by atoms with Crippen molar-refractivity contribution in [1.29, 1.82) is 0 Å². The third-order valence-electron chi connectivity index (χ3n) is 5.74. The van der Waals surface area contributed by atoms with E-state index in [1.807, 2.05) is 13.0 Å². The molecule has 3 aromatic carbocycles. The molecule has 2 amide bonds. The fourth-order valence-corrected chi connectivity index (χ4v) is 3.79. The number of benzene rings is 3. The molecular weight excluding hydrogens is 445 g/mol. The summed E-state index contributed by atoms with van der Waals surface area (Å²) in [5.74, 6) is -0.667. The quantitative estimate of drug-likeness (QED) is 0.488. The second-order valence-corrected chi connectivity index (χ2v) is 7.85. The molecule has 1 N–H and O–H groups in total. The second-order valence-electron chi connectivity index (χ2n) is 7.85. The van der Waals surface area contributed by atoms with Gasteiger partial charge in [-0.15, -0.1) is 0 Å². The Labute approximate surface area is 194 Å². The normalized spacial score (nSPS) is 14.1. The first-order valence-electron chi connectivity index (χ1n) is 10.4. The summed E-state index contributed by atoms with van der Waals surface area (Å²) in [6, 6.07) is 16.3. The number of carbonyl (C=O) groups excluding carboxylic acids is 2. The van der Waals surface area contributed by atoms with Crippen molar-refractivity contribution < 1.29 is 27.5 Å². The number of methoxy groups -OCH3 is 1. The van der Waals surface area contributed by atoms with Gasteiger partial charge in [-0.2, -0.15) is 13.2 Å². The van der Waals surface area contributed by atoms with Crippen LogP contribution in [0.4, 0.5) is 24.5 Å². The lowest BCUT2D eigenvalue weighted by Gasteiger charge is -2.19. The highest BCUT2D eigenvalue weighted by atomic mass is 19.4. The van der Waals surface area contributed by atoms with E-state index in [0.29, 0.717) is 17.0 Å². The fourth-order valence-electron chi connectivity index (χ4n) is 3.79. The molecule has 1 aliphatic heterocycles. The van der Waals surface area contributed by atoms with E-state index in [1.54, 1.807) is 43.3 Å². The summed E-state index contributed by atoms with van der Waals surface area (Å²) in [5, 5.41) is 2.78. The standard InChI is InChI=1S/C26H21F3N2O3/c1-15-6-4-9-21(16(15)2)31-24(32)22(17-10-12-20(34-3)13-11-17)23(25(31)33)30-19-8-5-7-18(14-19)26(27,28)29/h4-14,30H,1-3H3. The molecule has 0 fully saturated rings. The molecule has 174 valence electrons. The summed E-state index contributed by atoms with van der Waals surface area (Å²) in [6.07, 6.45) is -4.55. The molecular formula is C26H21F3N2O3. The zero-order valence-electron chi connectivity index (χ0n) is 18.7. The lowest BCUT2D eigenvalue weighted by molar-refractivity contribution is -0.137. The number of carbonyl (C=O) groups is 2. The van der Waals surface area contributed by atoms with Crippen molar-refractivity contribution in [1.82, 2.24) is 0 Å². The third-order valence-corrected chi connectivity index (χ3v) is 5.74. The maximum atomic E-state index is 13.6. The molecule has 5 nitrogen and oxygen atoms in total. The van der Waals surface area contributed by atoms with E-state index in [2.05, 4.69) is 5.32 Å². The van der Waals surface area contributed by atoms with Crippen LogP contribution in [-0.4, -0.2) is 18.9 Å². The van der Waals surface area contributed by atoms with Crippen LogP contribution in [0.15, 0.2) is 72.4 Å². The van der Waals surface area contributed by atoms with Gasteiger partial charge in [-0.3, -0.25) is 9.59 Å². The molecule has 0 saturated carbocycles. The minimum atomic E-state index is -4.55. The topological polar surface area (TPSA) is 58.6 Å². The van der Waals surface area contributed by atoms with Crippen LogP contribution < -0.4 is 15.0 Å². The molecule has 34 heavy (non-hydrogen) atoms. The highest BCUT2D eigenvalue weighted by Crippen LogP contribution is 2.37. The van der Waals surface area contributed by atoms with Crippen molar-refractivity contribution >= 4 is 28.8 Å². The lowest BCUT2D eigenvalue weighted by atomic mass is 10.0. The zero-order valence-corrected chi connectivity index (χ0v) is 18.7. The second kappa shape index (κ2) is 8.70. The van der Waals surface area contributed by atoms with Crippen molar-refractivity contribution in [2.75, 3.05) is 17.3 Å². The number of halogens is 3. The number of ether oxygens (including phenoxy) is 1. The predicted octanol–water partition coefficient (Wildman–Crippen LogP) is 5.73. The van der Waals surface area contributed by atoms with Gasteiger partial charge in [0.15, 0.2) is 0 Å². The summed E-state index contributed by atoms with van der Waals surface area (Å²) in [6.45, 7) is 3.67. The van der Waals surface area contributed by atoms with E-state index >= 15 is 0 Å². The van der Waals surface area contributed by atoms with Crippen molar-refractivity contribution in [2.45, 2.75) is 20.0 Å². The van der Waals surface area contributed by atoms with Gasteiger partial charge in [0, 0.05) is 5.69 Å². The van der Waals surface area contributed by atoms with Crippen LogP contribution in [0, 0.1) is 13.8 Å². The van der Waals surface area contributed by atoms with Crippen LogP contribution in [0.1, 0.15) is 22.3 Å². The average Bonchev–Trinajstić information content (AvgIpc) is 3.05. The maximum absolute atomic E-state index is 13.6. The molecule has 0 aromatic heterocycles. The van der Waals surface area contributed by atoms with Crippen molar-refractivity contribution in [3.05, 3.63) is 94.7 Å². The summed E-state index contributed by atoms with van der Waals surface area (Å²) < 4.78 is 44.8. The monoisotopic (exact) mass is 466 g/mol. The van der Waals surface area contributed by atoms with E-state index < -0.39 is 23.6 Å². The maximum Gasteiger partial charge on any atom is 0.416 e. The Morgan fingerprint density at radius 1 is 0.882 bits per heavy atom. The van der Waals surface area contributed by atoms with E-state index in [9.17, 15) is 22.8 Å². The number of amides is 2. The smallest absolute Gasteiger partial charge is 0.416 e. The number of rotatable bonds is 5. The molecule has 3 aromatic rings. The van der Waals surface area contributed by atoms with Gasteiger partial charge in [0.25, 0.3) is 11.8 Å². The Morgan fingerprint density at radius 2 is 1.56 bits per heavy atom. The molecule has 0 saturated heterocycles. The Hall–Kier alpha value is -4.07. The summed E-state index contributed by atoms with van der Waals surface area (Å²) in [5.41, 5.74) is 1.62. The summed E-state index contributed by atoms with van der Waals surface area (Å²) in [4.78, 5) is 28.1. The molecule has 0 unspecified atom stereocenters. The predicted molar refractivity (Wildman–Crippen MR) is 123 cm³/mol. The number of aryl methyl sites for hydroxylation is 1. The van der Waals surface area contributed by atoms with Gasteiger partial charge in [0.2, 0.25) is 0 Å². The molecule has 4 rings (SSSR count). The first-order chi connectivity index (χ1) is 16.1. The minimum absolute atomic E-state index is 0.0415. The van der Waals surface area contributed by atoms with E-state index in [-0.39, 0.29) is 17.0 Å². The molecule has 1 aliphatic rings. The highest BCUT2D eigenvalue weighted by molar-refractivity contribution is 6.46. The molecule has 1 heterocycles. The highest BCUT2D eigenvalue weighted by Gasteiger charge is 2.41. The average molecular weight is 466 g/mol. The Balaban J connectivity index is 1.84. The van der Waals surface area contributed by atoms with Crippen LogP contribution in [-0.2, 0) is 15.8 Å². The molecule has 0 spiro atoms. The van der Waals surface area contributed by atoms with Crippen LogP contribution in [0.25, 0.3) is 5.57 Å². The van der Waals surface area contributed by atoms with Gasteiger partial charge < -0.3 is 10.1 Å². The SMILES string of the molecule is COc1ccc(C2=C(Nc3cccc(C(F)(F)F)c3)C(=O)N(c3cccc(C)c3C)C2=O)cc1. The first-order valence-corrected chi connectivity index (χ1v) is 10.4. The number of alkyl halides is 3. The summed E-state index contributed by atoms with van der Waals surface area (Å²) >= 11 is 0. The number of nitrogens with one attached hydrogen (secondary N) is 1. The van der Waals surface area contributed by atoms with Crippen LogP contribution >= 0.6 is 0 Å². The number of nitrogens with zero attached hydrogens (tertiary/aromatic N) is 1. The molecule has 0 aliphatic carbocycles. The Morgan fingerprint density at radius 3 is 2.21 bits per heavy atom. The van der Waals surface area contributed by atoms with Gasteiger partial charge >= 0.3 is 6.18 Å². The van der Waals surface area contributed by atoms with Crippen molar-refractivity contribution in [2.24, 2.45) is 0 Å². The van der Waals surface area contributed by atoms with E-state index in [0.717, 1.165) is 28.2 Å². The van der Waals surface area contributed by atoms with Gasteiger partial charge in [-0.05, 0) is 66.9 Å². The zero-order chi connectivity index (χ0) is 24.6. The number of hydrogen-bond donors (Lipinski definition) is 1. The van der Waals surface area contributed by atoms with E-state index in [4.69, 9.17) is 4.74 Å². The molecule has 8 heteroatoms. The Bertz CT molecular complexity index is 1310.